The molecular formula is C10H20NOP. The number of carbonyl (C=O) groups excluding carboxylic acids is 1. The van der Waals surface area contributed by atoms with Gasteiger partial charge in [0.2, 0.25) is 5.91 Å². The summed E-state index contributed by atoms with van der Waals surface area (Å²) in [5.74, 6) is 0.451. The highest BCUT2D eigenvalue weighted by molar-refractivity contribution is 7.73. The Labute approximate surface area is 81.3 Å². The molecule has 76 valence electrons. The van der Waals surface area contributed by atoms with E-state index >= 15 is 0 Å². The van der Waals surface area contributed by atoms with E-state index in [2.05, 4.69) is 13.0 Å². The second kappa shape index (κ2) is 3.88. The highest BCUT2D eigenvalue weighted by Crippen LogP contribution is 2.42. The van der Waals surface area contributed by atoms with Crippen LogP contribution in [0.25, 0.3) is 0 Å². The van der Waals surface area contributed by atoms with E-state index in [4.69, 9.17) is 0 Å². The van der Waals surface area contributed by atoms with Crippen molar-refractivity contribution in [1.82, 2.24) is 4.90 Å². The molecule has 0 atom stereocenters. The molecule has 1 saturated heterocycles. The lowest BCUT2D eigenvalue weighted by Crippen LogP contribution is -2.41. The van der Waals surface area contributed by atoms with Crippen LogP contribution in [0.1, 0.15) is 13.8 Å². The van der Waals surface area contributed by atoms with Gasteiger partial charge in [-0.05, 0) is 19.0 Å². The van der Waals surface area contributed by atoms with Gasteiger partial charge in [0, 0.05) is 19.0 Å². The van der Waals surface area contributed by atoms with Crippen molar-refractivity contribution in [3.05, 3.63) is 0 Å². The van der Waals surface area contributed by atoms with Crippen LogP contribution in [0.5, 0.6) is 0 Å². The first kappa shape index (κ1) is 10.8. The standard InChI is InChI=1S/C10H20NOP/c1-9(2)10(12)11-5-7-13(3,4)8-6-11/h9H,3,5-8H2,1-2,4H3. The summed E-state index contributed by atoms with van der Waals surface area (Å²) in [6.07, 6.45) is 6.53. The average Bonchev–Trinajstić information content (AvgIpc) is 2.03. The summed E-state index contributed by atoms with van der Waals surface area (Å²) in [5, 5.41) is 0. The Morgan fingerprint density at radius 2 is 1.85 bits per heavy atom. The molecule has 2 nitrogen and oxygen atoms in total. The van der Waals surface area contributed by atoms with Crippen LogP contribution in [-0.2, 0) is 4.79 Å². The van der Waals surface area contributed by atoms with E-state index < -0.39 is 6.89 Å². The van der Waals surface area contributed by atoms with Crippen molar-refractivity contribution in [3.63, 3.8) is 0 Å². The van der Waals surface area contributed by atoms with E-state index in [0.29, 0.717) is 5.91 Å². The first-order valence-corrected chi connectivity index (χ1v) is 7.69. The summed E-state index contributed by atoms with van der Waals surface area (Å²) in [6.45, 7) is 7.20. The fourth-order valence-electron chi connectivity index (χ4n) is 1.53. The lowest BCUT2D eigenvalue weighted by molar-refractivity contribution is -0.134. The van der Waals surface area contributed by atoms with Gasteiger partial charge in [0.25, 0.3) is 0 Å². The van der Waals surface area contributed by atoms with Gasteiger partial charge in [0.1, 0.15) is 0 Å². The van der Waals surface area contributed by atoms with Crippen molar-refractivity contribution < 1.29 is 4.79 Å². The van der Waals surface area contributed by atoms with Gasteiger partial charge >= 0.3 is 0 Å². The van der Waals surface area contributed by atoms with Crippen molar-refractivity contribution in [3.8, 4) is 0 Å². The fraction of sp³-hybridized carbons (Fsp3) is 0.800. The van der Waals surface area contributed by atoms with E-state index in [0.717, 1.165) is 25.4 Å². The quantitative estimate of drug-likeness (QED) is 0.590. The predicted molar refractivity (Wildman–Crippen MR) is 61.1 cm³/mol. The molecule has 0 unspecified atom stereocenters. The van der Waals surface area contributed by atoms with Gasteiger partial charge in [-0.15, -0.1) is 13.2 Å². The number of amides is 1. The Bertz CT molecular complexity index is 235. The highest BCUT2D eigenvalue weighted by atomic mass is 31.2. The van der Waals surface area contributed by atoms with Crippen molar-refractivity contribution in [2.24, 2.45) is 5.92 Å². The highest BCUT2D eigenvalue weighted by Gasteiger charge is 2.23. The van der Waals surface area contributed by atoms with Crippen LogP contribution < -0.4 is 0 Å². The minimum absolute atomic E-state index is 0.146. The fourth-order valence-corrected chi connectivity index (χ4v) is 3.21. The molecule has 1 fully saturated rings. The third-order valence-corrected chi connectivity index (χ3v) is 5.18. The largest absolute Gasteiger partial charge is 0.342 e. The second-order valence-electron chi connectivity index (χ2n) is 4.55. The van der Waals surface area contributed by atoms with Gasteiger partial charge in [-0.3, -0.25) is 4.79 Å². The van der Waals surface area contributed by atoms with Gasteiger partial charge in [-0.2, -0.15) is 0 Å². The van der Waals surface area contributed by atoms with E-state index in [-0.39, 0.29) is 5.92 Å². The van der Waals surface area contributed by atoms with E-state index in [9.17, 15) is 4.79 Å². The molecule has 0 aromatic rings. The van der Waals surface area contributed by atoms with Crippen molar-refractivity contribution >= 4 is 19.1 Å². The van der Waals surface area contributed by atoms with Gasteiger partial charge in [-0.25, -0.2) is 0 Å². The summed E-state index contributed by atoms with van der Waals surface area (Å²) >= 11 is 0. The summed E-state index contributed by atoms with van der Waals surface area (Å²) in [4.78, 5) is 13.6. The van der Waals surface area contributed by atoms with Crippen LogP contribution >= 0.6 is 6.89 Å². The monoisotopic (exact) mass is 201 g/mol. The average molecular weight is 201 g/mol. The number of rotatable bonds is 1. The molecule has 0 aromatic carbocycles. The lowest BCUT2D eigenvalue weighted by atomic mass is 10.2. The summed E-state index contributed by atoms with van der Waals surface area (Å²) < 4.78 is 0. The van der Waals surface area contributed by atoms with Crippen LogP contribution in [-0.4, -0.2) is 49.2 Å². The maximum Gasteiger partial charge on any atom is 0.225 e. The smallest absolute Gasteiger partial charge is 0.225 e. The molecule has 1 aliphatic rings. The molecule has 0 saturated carbocycles. The SMILES string of the molecule is C=P1(C)CCN(C(=O)C(C)C)CC1. The first-order chi connectivity index (χ1) is 5.92. The van der Waals surface area contributed by atoms with Gasteiger partial charge in [0.15, 0.2) is 0 Å². The van der Waals surface area contributed by atoms with Gasteiger partial charge < -0.3 is 4.90 Å². The molecule has 1 heterocycles. The maximum absolute atomic E-state index is 11.6. The number of nitrogens with zero attached hydrogens (tertiary/aromatic N) is 1. The molecule has 1 aliphatic heterocycles. The zero-order valence-corrected chi connectivity index (χ0v) is 9.81. The molecule has 0 N–H and O–H groups in total. The molecule has 0 radical (unpaired) electrons. The predicted octanol–water partition coefficient (Wildman–Crippen LogP) is 1.56. The molecular weight excluding hydrogens is 181 g/mol. The van der Waals surface area contributed by atoms with Gasteiger partial charge in [0.05, 0.1) is 0 Å². The topological polar surface area (TPSA) is 20.3 Å². The summed E-state index contributed by atoms with van der Waals surface area (Å²) in [6, 6.07) is 0. The zero-order chi connectivity index (χ0) is 10.1. The van der Waals surface area contributed by atoms with Crippen LogP contribution in [0.2, 0.25) is 0 Å². The summed E-state index contributed by atoms with van der Waals surface area (Å²) in [7, 11) is 0. The Morgan fingerprint density at radius 3 is 2.23 bits per heavy atom. The molecule has 0 aromatic heterocycles. The van der Waals surface area contributed by atoms with Crippen LogP contribution in [0.4, 0.5) is 0 Å². The maximum atomic E-state index is 11.6. The van der Waals surface area contributed by atoms with Crippen LogP contribution in [0.3, 0.4) is 0 Å². The van der Waals surface area contributed by atoms with Crippen LogP contribution in [0, 0.1) is 5.92 Å². The molecule has 0 aliphatic carbocycles. The number of carbonyl (C=O) groups is 1. The minimum atomic E-state index is -0.888. The molecule has 3 heteroatoms. The Balaban J connectivity index is 2.50. The summed E-state index contributed by atoms with van der Waals surface area (Å²) in [5.41, 5.74) is 0. The Morgan fingerprint density at radius 1 is 1.38 bits per heavy atom. The zero-order valence-electron chi connectivity index (χ0n) is 8.92. The van der Waals surface area contributed by atoms with Crippen molar-refractivity contribution in [1.29, 1.82) is 0 Å². The number of hydrogen-bond acceptors (Lipinski definition) is 1. The minimum Gasteiger partial charge on any atom is -0.342 e. The molecule has 0 spiro atoms. The second-order valence-corrected chi connectivity index (χ2v) is 8.68. The van der Waals surface area contributed by atoms with E-state index in [1.807, 2.05) is 18.7 Å². The normalized spacial score (nSPS) is 22.0. The Kier molecular flexibility index (Phi) is 3.23. The van der Waals surface area contributed by atoms with Gasteiger partial charge in [-0.1, -0.05) is 13.8 Å². The Hall–Kier alpha value is -0.230. The molecule has 1 amide bonds. The molecule has 1 rings (SSSR count). The van der Waals surface area contributed by atoms with E-state index in [1.165, 1.54) is 0 Å². The molecule has 13 heavy (non-hydrogen) atoms. The third-order valence-electron chi connectivity index (χ3n) is 2.63. The number of hydrogen-bond donors (Lipinski definition) is 0. The lowest BCUT2D eigenvalue weighted by Gasteiger charge is -2.34. The van der Waals surface area contributed by atoms with Crippen molar-refractivity contribution in [2.45, 2.75) is 13.8 Å². The first-order valence-electron chi connectivity index (χ1n) is 4.90. The van der Waals surface area contributed by atoms with Crippen molar-refractivity contribution in [2.75, 3.05) is 32.1 Å². The van der Waals surface area contributed by atoms with Crippen LogP contribution in [0.15, 0.2) is 0 Å². The third kappa shape index (κ3) is 2.87. The van der Waals surface area contributed by atoms with E-state index in [1.54, 1.807) is 0 Å². The molecule has 0 bridgehead atoms.